The highest BCUT2D eigenvalue weighted by atomic mass is 35.5. The van der Waals surface area contributed by atoms with Crippen LogP contribution in [0.25, 0.3) is 11.0 Å². The number of rotatable bonds is 7. The molecular formula is C22H23ClN4O4. The van der Waals surface area contributed by atoms with Crippen LogP contribution in [0.3, 0.4) is 0 Å². The molecule has 2 aromatic heterocycles. The van der Waals surface area contributed by atoms with Gasteiger partial charge in [-0.25, -0.2) is 9.67 Å². The largest absolute Gasteiger partial charge is 0.490 e. The Balaban J connectivity index is 1.84. The van der Waals surface area contributed by atoms with Crippen molar-refractivity contribution in [2.24, 2.45) is 7.05 Å². The standard InChI is InChI=1S/C22H23ClN4O4/c1-6-30-17-10-14(11-24)9-16(23)20(17)31-18(28)8-7-15-12(2)19-21(25-13(15)3)27(4)26-22(19)29-5/h9-10H,6-8H2,1-5H3. The summed E-state index contributed by atoms with van der Waals surface area (Å²) in [4.78, 5) is 17.2. The van der Waals surface area contributed by atoms with Crippen molar-refractivity contribution < 1.29 is 19.0 Å². The fourth-order valence-corrected chi connectivity index (χ4v) is 3.74. The smallest absolute Gasteiger partial charge is 0.311 e. The Labute approximate surface area is 185 Å². The van der Waals surface area contributed by atoms with Gasteiger partial charge < -0.3 is 14.2 Å². The van der Waals surface area contributed by atoms with Crippen molar-refractivity contribution in [1.82, 2.24) is 14.8 Å². The topological polar surface area (TPSA) is 99.3 Å². The molecule has 0 radical (unpaired) electrons. The van der Waals surface area contributed by atoms with Gasteiger partial charge in [-0.05, 0) is 44.4 Å². The summed E-state index contributed by atoms with van der Waals surface area (Å²) in [7, 11) is 3.38. The Morgan fingerprint density at radius 3 is 2.71 bits per heavy atom. The third-order valence-corrected chi connectivity index (χ3v) is 5.23. The number of esters is 1. The summed E-state index contributed by atoms with van der Waals surface area (Å²) < 4.78 is 18.0. The summed E-state index contributed by atoms with van der Waals surface area (Å²) >= 11 is 6.22. The first-order valence-electron chi connectivity index (χ1n) is 9.74. The summed E-state index contributed by atoms with van der Waals surface area (Å²) in [6, 6.07) is 4.94. The zero-order valence-corrected chi connectivity index (χ0v) is 18.8. The van der Waals surface area contributed by atoms with Crippen LogP contribution in [-0.2, 0) is 18.3 Å². The van der Waals surface area contributed by atoms with Gasteiger partial charge in [-0.15, -0.1) is 5.10 Å². The Bertz CT molecular complexity index is 1200. The van der Waals surface area contributed by atoms with Crippen molar-refractivity contribution >= 4 is 28.6 Å². The second-order valence-electron chi connectivity index (χ2n) is 6.94. The monoisotopic (exact) mass is 442 g/mol. The number of aryl methyl sites for hydroxylation is 3. The van der Waals surface area contributed by atoms with Crippen molar-refractivity contribution in [2.75, 3.05) is 13.7 Å². The molecule has 0 fully saturated rings. The van der Waals surface area contributed by atoms with Gasteiger partial charge in [-0.2, -0.15) is 5.26 Å². The number of hydrogen-bond acceptors (Lipinski definition) is 7. The summed E-state index contributed by atoms with van der Waals surface area (Å²) in [5, 5.41) is 14.4. The maximum absolute atomic E-state index is 12.6. The lowest BCUT2D eigenvalue weighted by Gasteiger charge is -2.14. The first-order chi connectivity index (χ1) is 14.8. The molecule has 2 heterocycles. The molecule has 0 amide bonds. The molecule has 0 saturated heterocycles. The van der Waals surface area contributed by atoms with E-state index in [1.807, 2.05) is 27.0 Å². The average Bonchev–Trinajstić information content (AvgIpc) is 3.05. The van der Waals surface area contributed by atoms with Gasteiger partial charge in [0.25, 0.3) is 0 Å². The van der Waals surface area contributed by atoms with E-state index in [9.17, 15) is 4.79 Å². The first-order valence-corrected chi connectivity index (χ1v) is 10.1. The molecular weight excluding hydrogens is 420 g/mol. The molecule has 9 heteroatoms. The molecule has 0 aliphatic carbocycles. The van der Waals surface area contributed by atoms with Crippen LogP contribution in [0.15, 0.2) is 12.1 Å². The van der Waals surface area contributed by atoms with Crippen molar-refractivity contribution in [3.63, 3.8) is 0 Å². The van der Waals surface area contributed by atoms with Crippen LogP contribution in [0.4, 0.5) is 0 Å². The van der Waals surface area contributed by atoms with Crippen LogP contribution in [-0.4, -0.2) is 34.5 Å². The van der Waals surface area contributed by atoms with Gasteiger partial charge in [0.05, 0.1) is 42.2 Å². The zero-order chi connectivity index (χ0) is 22.7. The molecule has 3 aromatic rings. The van der Waals surface area contributed by atoms with E-state index in [0.29, 0.717) is 24.5 Å². The molecule has 0 bridgehead atoms. The highest BCUT2D eigenvalue weighted by molar-refractivity contribution is 6.32. The number of benzene rings is 1. The normalized spacial score (nSPS) is 10.7. The van der Waals surface area contributed by atoms with Crippen molar-refractivity contribution in [1.29, 1.82) is 5.26 Å². The summed E-state index contributed by atoms with van der Waals surface area (Å²) in [5.41, 5.74) is 3.77. The number of carbonyl (C=O) groups excluding carboxylic acids is 1. The van der Waals surface area contributed by atoms with Gasteiger partial charge in [0.2, 0.25) is 5.88 Å². The van der Waals surface area contributed by atoms with E-state index < -0.39 is 5.97 Å². The van der Waals surface area contributed by atoms with Crippen molar-refractivity contribution in [3.05, 3.63) is 39.5 Å². The first kappa shape index (κ1) is 22.4. The minimum Gasteiger partial charge on any atom is -0.490 e. The highest BCUT2D eigenvalue weighted by Crippen LogP contribution is 2.37. The Hall–Kier alpha value is -3.31. The predicted molar refractivity (Wildman–Crippen MR) is 116 cm³/mol. The summed E-state index contributed by atoms with van der Waals surface area (Å²) in [6.45, 7) is 6.00. The Morgan fingerprint density at radius 1 is 1.32 bits per heavy atom. The van der Waals surface area contributed by atoms with Gasteiger partial charge in [0, 0.05) is 18.8 Å². The molecule has 0 saturated carbocycles. The van der Waals surface area contributed by atoms with Crippen LogP contribution >= 0.6 is 11.6 Å². The number of nitriles is 1. The number of nitrogens with zero attached hydrogens (tertiary/aromatic N) is 4. The lowest BCUT2D eigenvalue weighted by Crippen LogP contribution is -2.12. The number of aromatic nitrogens is 3. The van der Waals surface area contributed by atoms with E-state index in [1.165, 1.54) is 12.1 Å². The molecule has 0 N–H and O–H groups in total. The van der Waals surface area contributed by atoms with Gasteiger partial charge in [0.1, 0.15) is 0 Å². The molecule has 0 aliphatic heterocycles. The molecule has 3 rings (SSSR count). The zero-order valence-electron chi connectivity index (χ0n) is 18.1. The van der Waals surface area contributed by atoms with Gasteiger partial charge in [0.15, 0.2) is 17.1 Å². The summed E-state index contributed by atoms with van der Waals surface area (Å²) in [6.07, 6.45) is 0.536. The molecule has 0 unspecified atom stereocenters. The SMILES string of the molecule is CCOc1cc(C#N)cc(Cl)c1OC(=O)CCc1c(C)nc2c(c(OC)nn2C)c1C. The van der Waals surface area contributed by atoms with E-state index >= 15 is 0 Å². The maximum Gasteiger partial charge on any atom is 0.311 e. The number of hydrogen-bond donors (Lipinski definition) is 0. The van der Waals surface area contributed by atoms with Crippen LogP contribution in [0, 0.1) is 25.2 Å². The fraction of sp³-hybridized carbons (Fsp3) is 0.364. The number of pyridine rings is 1. The third-order valence-electron chi connectivity index (χ3n) is 4.95. The number of carbonyl (C=O) groups is 1. The second kappa shape index (κ2) is 9.23. The number of halogens is 1. The van der Waals surface area contributed by atoms with Gasteiger partial charge in [-0.1, -0.05) is 11.6 Å². The van der Waals surface area contributed by atoms with E-state index in [2.05, 4.69) is 10.1 Å². The lowest BCUT2D eigenvalue weighted by atomic mass is 10.0. The number of ether oxygens (including phenoxy) is 3. The highest BCUT2D eigenvalue weighted by Gasteiger charge is 2.20. The molecule has 31 heavy (non-hydrogen) atoms. The van der Waals surface area contributed by atoms with E-state index in [0.717, 1.165) is 27.9 Å². The second-order valence-corrected chi connectivity index (χ2v) is 7.34. The Kier molecular flexibility index (Phi) is 6.66. The minimum absolute atomic E-state index is 0.110. The predicted octanol–water partition coefficient (Wildman–Crippen LogP) is 4.06. The molecule has 0 aliphatic rings. The van der Waals surface area contributed by atoms with Crippen LogP contribution < -0.4 is 14.2 Å². The van der Waals surface area contributed by atoms with Crippen LogP contribution in [0.5, 0.6) is 17.4 Å². The molecule has 0 spiro atoms. The third kappa shape index (κ3) is 4.42. The van der Waals surface area contributed by atoms with Crippen molar-refractivity contribution in [2.45, 2.75) is 33.6 Å². The average molecular weight is 443 g/mol. The quantitative estimate of drug-likeness (QED) is 0.402. The number of fused-ring (bicyclic) bond motifs is 1. The fourth-order valence-electron chi connectivity index (χ4n) is 3.49. The lowest BCUT2D eigenvalue weighted by molar-refractivity contribution is -0.134. The van der Waals surface area contributed by atoms with Gasteiger partial charge >= 0.3 is 5.97 Å². The van der Waals surface area contributed by atoms with E-state index in [-0.39, 0.29) is 22.9 Å². The van der Waals surface area contributed by atoms with Gasteiger partial charge in [-0.3, -0.25) is 4.79 Å². The Morgan fingerprint density at radius 2 is 2.06 bits per heavy atom. The van der Waals surface area contributed by atoms with E-state index in [4.69, 9.17) is 31.1 Å². The minimum atomic E-state index is -0.468. The van der Waals surface area contributed by atoms with Crippen LogP contribution in [0.2, 0.25) is 5.02 Å². The van der Waals surface area contributed by atoms with Crippen molar-refractivity contribution in [3.8, 4) is 23.4 Å². The molecule has 8 nitrogen and oxygen atoms in total. The van der Waals surface area contributed by atoms with Crippen LogP contribution in [0.1, 0.15) is 35.7 Å². The maximum atomic E-state index is 12.6. The molecule has 162 valence electrons. The van der Waals surface area contributed by atoms with E-state index in [1.54, 1.807) is 18.7 Å². The number of methoxy groups -OCH3 is 1. The summed E-state index contributed by atoms with van der Waals surface area (Å²) in [5.74, 6) is 0.403. The molecule has 1 aromatic carbocycles. The molecule has 0 atom stereocenters.